The molecule has 3 rings (SSSR count). The van der Waals surface area contributed by atoms with E-state index < -0.39 is 6.29 Å². The van der Waals surface area contributed by atoms with Crippen molar-refractivity contribution >= 4 is 0 Å². The minimum Gasteiger partial charge on any atom is -0.508 e. The number of hydrogen-bond acceptors (Lipinski definition) is 3. The monoisotopic (exact) mass is 182 g/mol. The summed E-state index contributed by atoms with van der Waals surface area (Å²) in [5.41, 5.74) is 0. The van der Waals surface area contributed by atoms with Crippen LogP contribution in [0.4, 0.5) is 0 Å². The van der Waals surface area contributed by atoms with Crippen molar-refractivity contribution in [2.75, 3.05) is 0 Å². The Morgan fingerprint density at radius 1 is 1.46 bits per heavy atom. The summed E-state index contributed by atoms with van der Waals surface area (Å²) in [5, 5.41) is 19.4. The molecule has 0 aromatic carbocycles. The summed E-state index contributed by atoms with van der Waals surface area (Å²) in [7, 11) is 0. The molecule has 1 aliphatic heterocycles. The molecule has 1 saturated heterocycles. The summed E-state index contributed by atoms with van der Waals surface area (Å²) >= 11 is 0. The van der Waals surface area contributed by atoms with Gasteiger partial charge in [-0.15, -0.1) is 0 Å². The summed E-state index contributed by atoms with van der Waals surface area (Å²) in [4.78, 5) is 0. The first-order valence-corrected chi connectivity index (χ1v) is 5.01. The third-order valence-corrected chi connectivity index (χ3v) is 3.97. The van der Waals surface area contributed by atoms with Crippen LogP contribution in [-0.4, -0.2) is 16.5 Å². The minimum absolute atomic E-state index is 0.251. The van der Waals surface area contributed by atoms with Crippen molar-refractivity contribution in [3.05, 3.63) is 11.5 Å². The van der Waals surface area contributed by atoms with Crippen molar-refractivity contribution in [1.82, 2.24) is 0 Å². The standard InChI is InChI=1S/C10H14O3/c1-2-4-5-3-6-7(4)10(12)13-9(6)8(5)11/h4-7,10-12H,2-3H2,1H3. The smallest absolute Gasteiger partial charge is 0.200 e. The number of fused-ring (bicyclic) bond motifs is 1. The first-order valence-electron chi connectivity index (χ1n) is 5.01. The normalized spacial score (nSPS) is 51.7. The molecule has 5 unspecified atom stereocenters. The van der Waals surface area contributed by atoms with E-state index in [1.807, 2.05) is 0 Å². The van der Waals surface area contributed by atoms with E-state index in [0.29, 0.717) is 23.4 Å². The lowest BCUT2D eigenvalue weighted by Gasteiger charge is -2.23. The second-order valence-electron chi connectivity index (χ2n) is 4.36. The average molecular weight is 182 g/mol. The molecule has 2 fully saturated rings. The molecule has 0 aromatic rings. The maximum atomic E-state index is 9.77. The van der Waals surface area contributed by atoms with Crippen molar-refractivity contribution < 1.29 is 14.9 Å². The number of aliphatic hydroxyl groups excluding tert-OH is 2. The largest absolute Gasteiger partial charge is 0.508 e. The van der Waals surface area contributed by atoms with Crippen LogP contribution in [0.3, 0.4) is 0 Å². The number of allylic oxidation sites excluding steroid dienone is 2. The first-order chi connectivity index (χ1) is 6.24. The molecule has 0 spiro atoms. The fourth-order valence-corrected chi connectivity index (χ4v) is 3.46. The fraction of sp³-hybridized carbons (Fsp3) is 0.800. The molecule has 0 amide bonds. The lowest BCUT2D eigenvalue weighted by molar-refractivity contribution is -0.0727. The highest BCUT2D eigenvalue weighted by molar-refractivity contribution is 5.27. The number of hydrogen-bond donors (Lipinski definition) is 2. The molecule has 0 radical (unpaired) electrons. The van der Waals surface area contributed by atoms with E-state index in [9.17, 15) is 10.2 Å². The molecule has 2 N–H and O–H groups in total. The first kappa shape index (κ1) is 7.68. The van der Waals surface area contributed by atoms with Gasteiger partial charge in [0.05, 0.1) is 0 Å². The summed E-state index contributed by atoms with van der Waals surface area (Å²) in [6.07, 6.45) is 1.34. The topological polar surface area (TPSA) is 49.7 Å². The van der Waals surface area contributed by atoms with Gasteiger partial charge in [-0.1, -0.05) is 13.3 Å². The SMILES string of the molecule is CCC1C2CC3C(=C2O)OC(O)C31. The van der Waals surface area contributed by atoms with Crippen molar-refractivity contribution in [2.45, 2.75) is 26.1 Å². The summed E-state index contributed by atoms with van der Waals surface area (Å²) < 4.78 is 5.27. The van der Waals surface area contributed by atoms with Gasteiger partial charge in [0.1, 0.15) is 11.5 Å². The highest BCUT2D eigenvalue weighted by Gasteiger charge is 2.60. The zero-order valence-electron chi connectivity index (χ0n) is 7.60. The molecule has 1 saturated carbocycles. The van der Waals surface area contributed by atoms with E-state index in [0.717, 1.165) is 12.8 Å². The number of aliphatic hydroxyl groups is 2. The fourth-order valence-electron chi connectivity index (χ4n) is 3.46. The zero-order valence-corrected chi connectivity index (χ0v) is 7.60. The summed E-state index contributed by atoms with van der Waals surface area (Å²) in [5.74, 6) is 2.36. The van der Waals surface area contributed by atoms with Gasteiger partial charge in [0.15, 0.2) is 0 Å². The number of ether oxygens (including phenoxy) is 1. The Hall–Kier alpha value is -0.700. The van der Waals surface area contributed by atoms with Crippen molar-refractivity contribution in [3.8, 4) is 0 Å². The van der Waals surface area contributed by atoms with Crippen LogP contribution in [0.2, 0.25) is 0 Å². The van der Waals surface area contributed by atoms with E-state index in [4.69, 9.17) is 4.74 Å². The molecule has 3 heteroatoms. The van der Waals surface area contributed by atoms with Crippen LogP contribution in [0.5, 0.6) is 0 Å². The Balaban J connectivity index is 2.06. The van der Waals surface area contributed by atoms with E-state index >= 15 is 0 Å². The Bertz CT molecular complexity index is 284. The lowest BCUT2D eigenvalue weighted by atomic mass is 9.81. The third-order valence-electron chi connectivity index (χ3n) is 3.97. The van der Waals surface area contributed by atoms with Crippen LogP contribution in [0.25, 0.3) is 0 Å². The van der Waals surface area contributed by atoms with Crippen LogP contribution in [0.1, 0.15) is 19.8 Å². The predicted octanol–water partition coefficient (Wildman–Crippen LogP) is 1.40. The molecular formula is C10H14O3. The van der Waals surface area contributed by atoms with Gasteiger partial charge < -0.3 is 14.9 Å². The van der Waals surface area contributed by atoms with Crippen LogP contribution < -0.4 is 0 Å². The van der Waals surface area contributed by atoms with E-state index in [-0.39, 0.29) is 11.8 Å². The number of rotatable bonds is 1. The molecule has 1 heterocycles. The van der Waals surface area contributed by atoms with Crippen LogP contribution in [-0.2, 0) is 4.74 Å². The van der Waals surface area contributed by atoms with E-state index in [1.54, 1.807) is 0 Å². The molecule has 3 nitrogen and oxygen atoms in total. The van der Waals surface area contributed by atoms with Crippen molar-refractivity contribution in [1.29, 1.82) is 0 Å². The quantitative estimate of drug-likeness (QED) is 0.644. The van der Waals surface area contributed by atoms with Gasteiger partial charge in [0, 0.05) is 17.8 Å². The summed E-state index contributed by atoms with van der Waals surface area (Å²) in [6, 6.07) is 0. The maximum Gasteiger partial charge on any atom is 0.200 e. The molecule has 72 valence electrons. The van der Waals surface area contributed by atoms with Gasteiger partial charge in [0.25, 0.3) is 0 Å². The molecule has 3 aliphatic rings. The van der Waals surface area contributed by atoms with Crippen LogP contribution in [0, 0.1) is 23.7 Å². The molecule has 13 heavy (non-hydrogen) atoms. The van der Waals surface area contributed by atoms with Gasteiger partial charge >= 0.3 is 0 Å². The maximum absolute atomic E-state index is 9.77. The highest BCUT2D eigenvalue weighted by Crippen LogP contribution is 2.61. The molecular weight excluding hydrogens is 168 g/mol. The molecule has 2 bridgehead atoms. The Morgan fingerprint density at radius 2 is 2.23 bits per heavy atom. The van der Waals surface area contributed by atoms with Gasteiger partial charge in [-0.2, -0.15) is 0 Å². The zero-order chi connectivity index (χ0) is 9.16. The average Bonchev–Trinajstić information content (AvgIpc) is 2.68. The van der Waals surface area contributed by atoms with Gasteiger partial charge in [-0.3, -0.25) is 0 Å². The van der Waals surface area contributed by atoms with Gasteiger partial charge in [-0.05, 0) is 12.3 Å². The molecule has 2 aliphatic carbocycles. The molecule has 5 atom stereocenters. The summed E-state index contributed by atoms with van der Waals surface area (Å²) in [6.45, 7) is 2.11. The lowest BCUT2D eigenvalue weighted by Crippen LogP contribution is -2.26. The molecule has 0 aromatic heterocycles. The Kier molecular flexibility index (Phi) is 1.30. The third kappa shape index (κ3) is 0.702. The van der Waals surface area contributed by atoms with Crippen LogP contribution in [0.15, 0.2) is 11.5 Å². The Labute approximate surface area is 77.0 Å². The van der Waals surface area contributed by atoms with Gasteiger partial charge in [0.2, 0.25) is 6.29 Å². The predicted molar refractivity (Wildman–Crippen MR) is 45.6 cm³/mol. The minimum atomic E-state index is -0.667. The van der Waals surface area contributed by atoms with Crippen molar-refractivity contribution in [3.63, 3.8) is 0 Å². The van der Waals surface area contributed by atoms with Gasteiger partial charge in [-0.25, -0.2) is 0 Å². The Morgan fingerprint density at radius 3 is 2.92 bits per heavy atom. The second-order valence-corrected chi connectivity index (χ2v) is 4.36. The van der Waals surface area contributed by atoms with Crippen LogP contribution >= 0.6 is 0 Å². The van der Waals surface area contributed by atoms with Crippen molar-refractivity contribution in [2.24, 2.45) is 23.7 Å². The van der Waals surface area contributed by atoms with E-state index in [2.05, 4.69) is 6.92 Å². The second kappa shape index (κ2) is 2.21. The highest BCUT2D eigenvalue weighted by atomic mass is 16.6. The van der Waals surface area contributed by atoms with E-state index in [1.165, 1.54) is 0 Å².